The van der Waals surface area contributed by atoms with Crippen molar-refractivity contribution in [3.8, 4) is 0 Å². The maximum absolute atomic E-state index is 11.5. The minimum atomic E-state index is -3.30. The van der Waals surface area contributed by atoms with Crippen LogP contribution in [0.1, 0.15) is 32.1 Å². The second-order valence-corrected chi connectivity index (χ2v) is 6.08. The second kappa shape index (κ2) is 5.62. The van der Waals surface area contributed by atoms with Crippen LogP contribution in [0.2, 0.25) is 0 Å². The minimum Gasteiger partial charge on any atom is -0.375 e. The second-order valence-electron chi connectivity index (χ2n) is 3.88. The summed E-state index contributed by atoms with van der Waals surface area (Å²) < 4.78 is 23.0. The van der Waals surface area contributed by atoms with Crippen molar-refractivity contribution < 1.29 is 8.42 Å². The fourth-order valence-corrected chi connectivity index (χ4v) is 3.25. The van der Waals surface area contributed by atoms with Crippen molar-refractivity contribution in [3.63, 3.8) is 0 Å². The van der Waals surface area contributed by atoms with Crippen LogP contribution in [0.3, 0.4) is 0 Å². The maximum Gasteiger partial charge on any atom is 0.228 e. The average Bonchev–Trinajstić information content (AvgIpc) is 2.16. The molecule has 0 spiro atoms. The molecular formula is C8H17N3O2S2. The molecule has 7 heteroatoms. The summed E-state index contributed by atoms with van der Waals surface area (Å²) in [6.45, 7) is 0. The molecular weight excluding hydrogens is 234 g/mol. The maximum atomic E-state index is 11.5. The van der Waals surface area contributed by atoms with Crippen LogP contribution in [0.4, 0.5) is 0 Å². The van der Waals surface area contributed by atoms with Crippen LogP contribution in [0.25, 0.3) is 0 Å². The molecule has 0 heterocycles. The molecule has 0 unspecified atom stereocenters. The number of hydrazine groups is 1. The zero-order chi connectivity index (χ0) is 11.3. The standard InChI is InChI=1S/C8H17N3O2S2/c9-8(14)10-11-15(12,13)6-7-4-2-1-3-5-7/h7,11H,1-6H2,(H3,9,10,14). The highest BCUT2D eigenvalue weighted by molar-refractivity contribution is 7.89. The molecule has 15 heavy (non-hydrogen) atoms. The number of sulfonamides is 1. The summed E-state index contributed by atoms with van der Waals surface area (Å²) in [5.74, 6) is 0.423. The Kier molecular flexibility index (Phi) is 4.75. The molecule has 5 nitrogen and oxygen atoms in total. The van der Waals surface area contributed by atoms with Crippen LogP contribution in [0.5, 0.6) is 0 Å². The van der Waals surface area contributed by atoms with Gasteiger partial charge in [-0.25, -0.2) is 8.42 Å². The Balaban J connectivity index is 2.37. The van der Waals surface area contributed by atoms with Crippen LogP contribution < -0.4 is 16.0 Å². The smallest absolute Gasteiger partial charge is 0.228 e. The number of nitrogens with two attached hydrogens (primary N) is 1. The highest BCUT2D eigenvalue weighted by Crippen LogP contribution is 2.24. The van der Waals surface area contributed by atoms with E-state index in [1.807, 2.05) is 0 Å². The van der Waals surface area contributed by atoms with Gasteiger partial charge in [-0.2, -0.15) is 0 Å². The third kappa shape index (κ3) is 5.29. The molecule has 0 aromatic heterocycles. The van der Waals surface area contributed by atoms with Crippen molar-refractivity contribution >= 4 is 27.4 Å². The summed E-state index contributed by atoms with van der Waals surface area (Å²) in [5, 5.41) is -0.0674. The van der Waals surface area contributed by atoms with E-state index in [4.69, 9.17) is 5.73 Å². The molecule has 0 radical (unpaired) electrons. The van der Waals surface area contributed by atoms with Gasteiger partial charge in [-0.05, 0) is 31.0 Å². The highest BCUT2D eigenvalue weighted by Gasteiger charge is 2.20. The summed E-state index contributed by atoms with van der Waals surface area (Å²) in [4.78, 5) is 2.16. The van der Waals surface area contributed by atoms with Gasteiger partial charge in [0.1, 0.15) is 0 Å². The topological polar surface area (TPSA) is 84.2 Å². The van der Waals surface area contributed by atoms with Gasteiger partial charge in [0.15, 0.2) is 5.11 Å². The van der Waals surface area contributed by atoms with Gasteiger partial charge in [0.25, 0.3) is 0 Å². The van der Waals surface area contributed by atoms with Crippen LogP contribution >= 0.6 is 12.2 Å². The van der Waals surface area contributed by atoms with E-state index in [1.165, 1.54) is 6.42 Å². The van der Waals surface area contributed by atoms with E-state index in [0.717, 1.165) is 25.7 Å². The van der Waals surface area contributed by atoms with Crippen molar-refractivity contribution in [3.05, 3.63) is 0 Å². The molecule has 0 aromatic carbocycles. The fraction of sp³-hybridized carbons (Fsp3) is 0.875. The van der Waals surface area contributed by atoms with Crippen molar-refractivity contribution in [2.24, 2.45) is 11.7 Å². The van der Waals surface area contributed by atoms with E-state index in [2.05, 4.69) is 22.5 Å². The summed E-state index contributed by atoms with van der Waals surface area (Å²) in [6.07, 6.45) is 5.46. The van der Waals surface area contributed by atoms with E-state index in [0.29, 0.717) is 0 Å². The first-order valence-corrected chi connectivity index (χ1v) is 7.10. The predicted octanol–water partition coefficient (Wildman–Crippen LogP) is 0.234. The van der Waals surface area contributed by atoms with Gasteiger partial charge < -0.3 is 5.73 Å². The number of thiocarbonyl (C=S) groups is 1. The van der Waals surface area contributed by atoms with Crippen LogP contribution in [0.15, 0.2) is 0 Å². The molecule has 1 rings (SSSR count). The molecule has 1 aliphatic carbocycles. The molecule has 0 aromatic rings. The first kappa shape index (κ1) is 12.7. The van der Waals surface area contributed by atoms with Gasteiger partial charge in [0.2, 0.25) is 10.0 Å². The van der Waals surface area contributed by atoms with Gasteiger partial charge >= 0.3 is 0 Å². The van der Waals surface area contributed by atoms with Gasteiger partial charge in [-0.15, -0.1) is 4.83 Å². The lowest BCUT2D eigenvalue weighted by Gasteiger charge is -2.21. The Morgan fingerprint density at radius 2 is 1.93 bits per heavy atom. The van der Waals surface area contributed by atoms with Crippen LogP contribution in [-0.2, 0) is 10.0 Å². The molecule has 1 saturated carbocycles. The third-order valence-electron chi connectivity index (χ3n) is 2.51. The number of rotatable bonds is 4. The Morgan fingerprint density at radius 1 is 1.33 bits per heavy atom. The van der Waals surface area contributed by atoms with Gasteiger partial charge in [-0.1, -0.05) is 19.3 Å². The molecule has 0 bridgehead atoms. The van der Waals surface area contributed by atoms with Gasteiger partial charge in [0, 0.05) is 0 Å². The molecule has 0 amide bonds. The summed E-state index contributed by atoms with van der Waals surface area (Å²) >= 11 is 4.51. The zero-order valence-electron chi connectivity index (χ0n) is 8.53. The lowest BCUT2D eigenvalue weighted by Crippen LogP contribution is -2.46. The van der Waals surface area contributed by atoms with E-state index in [9.17, 15) is 8.42 Å². The van der Waals surface area contributed by atoms with Crippen molar-refractivity contribution in [1.82, 2.24) is 10.3 Å². The number of hydrogen-bond acceptors (Lipinski definition) is 3. The number of hydrogen-bond donors (Lipinski definition) is 3. The Bertz CT molecular complexity index is 310. The molecule has 1 aliphatic rings. The fourth-order valence-electron chi connectivity index (χ4n) is 1.83. The summed E-state index contributed by atoms with van der Waals surface area (Å²) in [7, 11) is -3.30. The van der Waals surface area contributed by atoms with Gasteiger partial charge in [-0.3, -0.25) is 5.43 Å². The lowest BCUT2D eigenvalue weighted by molar-refractivity contribution is 0.383. The van der Waals surface area contributed by atoms with Crippen molar-refractivity contribution in [1.29, 1.82) is 0 Å². The van der Waals surface area contributed by atoms with E-state index >= 15 is 0 Å². The molecule has 0 aliphatic heterocycles. The monoisotopic (exact) mass is 251 g/mol. The van der Waals surface area contributed by atoms with Gasteiger partial charge in [0.05, 0.1) is 5.75 Å². The van der Waals surface area contributed by atoms with Crippen LogP contribution in [0, 0.1) is 5.92 Å². The van der Waals surface area contributed by atoms with E-state index in [1.54, 1.807) is 0 Å². The summed E-state index contributed by atoms with van der Waals surface area (Å²) in [6, 6.07) is 0. The molecule has 4 N–H and O–H groups in total. The normalized spacial score (nSPS) is 18.7. The minimum absolute atomic E-state index is 0.0674. The SMILES string of the molecule is NC(=S)NNS(=O)(=O)CC1CCCCC1. The largest absolute Gasteiger partial charge is 0.375 e. The summed E-state index contributed by atoms with van der Waals surface area (Å²) in [5.41, 5.74) is 7.37. The predicted molar refractivity (Wildman–Crippen MR) is 63.4 cm³/mol. The Labute approximate surface area is 95.8 Å². The highest BCUT2D eigenvalue weighted by atomic mass is 32.2. The third-order valence-corrected chi connectivity index (χ3v) is 3.93. The Morgan fingerprint density at radius 3 is 2.47 bits per heavy atom. The molecule has 0 atom stereocenters. The zero-order valence-corrected chi connectivity index (χ0v) is 10.2. The van der Waals surface area contributed by atoms with Crippen LogP contribution in [-0.4, -0.2) is 19.3 Å². The van der Waals surface area contributed by atoms with E-state index in [-0.39, 0.29) is 16.8 Å². The molecule has 1 fully saturated rings. The average molecular weight is 251 g/mol. The van der Waals surface area contributed by atoms with E-state index < -0.39 is 10.0 Å². The van der Waals surface area contributed by atoms with Crippen molar-refractivity contribution in [2.75, 3.05) is 5.75 Å². The lowest BCUT2D eigenvalue weighted by atomic mass is 9.91. The first-order chi connectivity index (χ1) is 6.99. The Hall–Kier alpha value is -0.400. The molecule has 0 saturated heterocycles. The van der Waals surface area contributed by atoms with Crippen molar-refractivity contribution in [2.45, 2.75) is 32.1 Å². The first-order valence-electron chi connectivity index (χ1n) is 5.04. The number of nitrogens with one attached hydrogen (secondary N) is 2. The quantitative estimate of drug-likeness (QED) is 0.492. The molecule has 88 valence electrons.